The molecule has 4 nitrogen and oxygen atoms in total. The zero-order valence-electron chi connectivity index (χ0n) is 14.6. The summed E-state index contributed by atoms with van der Waals surface area (Å²) in [7, 11) is 0. The second kappa shape index (κ2) is 6.98. The molecule has 1 aliphatic carbocycles. The average Bonchev–Trinajstić information content (AvgIpc) is 3.19. The monoisotopic (exact) mass is 410 g/mol. The normalized spacial score (nSPS) is 13.0. The second-order valence-corrected chi connectivity index (χ2v) is 6.56. The van der Waals surface area contributed by atoms with Crippen molar-refractivity contribution in [2.24, 2.45) is 0 Å². The maximum atomic E-state index is 13.7. The van der Waals surface area contributed by atoms with Crippen LogP contribution < -0.4 is 10.4 Å². The lowest BCUT2D eigenvalue weighted by molar-refractivity contribution is -0.133. The lowest BCUT2D eigenvalue weighted by Gasteiger charge is -2.09. The zero-order valence-corrected chi connectivity index (χ0v) is 14.6. The van der Waals surface area contributed by atoms with E-state index in [1.54, 1.807) is 6.07 Å². The van der Waals surface area contributed by atoms with Crippen molar-refractivity contribution in [3.63, 3.8) is 0 Å². The fraction of sp³-hybridized carbons (Fsp3) is 0.200. The second-order valence-electron chi connectivity index (χ2n) is 6.56. The number of carbonyl (C=O) groups excluding carboxylic acids is 1. The molecule has 1 aliphatic rings. The number of carbonyl (C=O) groups is 1. The third-order valence-corrected chi connectivity index (χ3v) is 4.80. The van der Waals surface area contributed by atoms with E-state index in [9.17, 15) is 31.5 Å². The number of benzene rings is 2. The van der Waals surface area contributed by atoms with Gasteiger partial charge in [0.2, 0.25) is 5.82 Å². The summed E-state index contributed by atoms with van der Waals surface area (Å²) in [6, 6.07) is 4.21. The van der Waals surface area contributed by atoms with Gasteiger partial charge >= 0.3 is 11.6 Å². The van der Waals surface area contributed by atoms with Gasteiger partial charge in [-0.25, -0.2) is 26.7 Å². The highest BCUT2D eigenvalue weighted by molar-refractivity contribution is 5.84. The molecule has 0 saturated carbocycles. The standard InChI is InChI=1S/C20H11F5O4/c21-15-12(16(22)18(24)19(25)17(15)23)7-14(26)28-8-4-5-10-9-2-1-3-11(9)20(27)29-13(10)6-8/h4-6H,1-3,7H2. The Morgan fingerprint density at radius 3 is 2.24 bits per heavy atom. The Morgan fingerprint density at radius 2 is 1.55 bits per heavy atom. The Labute approximate surface area is 159 Å². The number of halogens is 5. The van der Waals surface area contributed by atoms with Gasteiger partial charge in [0.05, 0.1) is 6.42 Å². The van der Waals surface area contributed by atoms with Crippen molar-refractivity contribution in [3.05, 3.63) is 74.4 Å². The summed E-state index contributed by atoms with van der Waals surface area (Å²) >= 11 is 0. The van der Waals surface area contributed by atoms with Gasteiger partial charge in [0, 0.05) is 22.6 Å². The van der Waals surface area contributed by atoms with Gasteiger partial charge in [-0.15, -0.1) is 0 Å². The lowest BCUT2D eigenvalue weighted by Crippen LogP contribution is -2.16. The zero-order chi connectivity index (χ0) is 20.9. The fourth-order valence-electron chi connectivity index (χ4n) is 3.45. The van der Waals surface area contributed by atoms with E-state index in [2.05, 4.69) is 0 Å². The van der Waals surface area contributed by atoms with E-state index in [1.807, 2.05) is 0 Å². The summed E-state index contributed by atoms with van der Waals surface area (Å²) in [5, 5.41) is 0.677. The van der Waals surface area contributed by atoms with Crippen LogP contribution in [0.4, 0.5) is 22.0 Å². The molecule has 1 heterocycles. The minimum absolute atomic E-state index is 0.104. The molecule has 0 amide bonds. The molecule has 4 rings (SSSR count). The summed E-state index contributed by atoms with van der Waals surface area (Å²) in [6.07, 6.45) is 0.957. The van der Waals surface area contributed by atoms with Crippen LogP contribution in [0.3, 0.4) is 0 Å². The van der Waals surface area contributed by atoms with Crippen molar-refractivity contribution in [2.75, 3.05) is 0 Å². The van der Waals surface area contributed by atoms with Gasteiger partial charge in [0.15, 0.2) is 23.3 Å². The molecule has 0 N–H and O–H groups in total. The molecule has 0 bridgehead atoms. The number of hydrogen-bond acceptors (Lipinski definition) is 4. The van der Waals surface area contributed by atoms with Gasteiger partial charge in [0.25, 0.3) is 0 Å². The first-order valence-electron chi connectivity index (χ1n) is 8.57. The van der Waals surface area contributed by atoms with Gasteiger partial charge in [-0.3, -0.25) is 4.79 Å². The first-order chi connectivity index (χ1) is 13.8. The predicted octanol–water partition coefficient (Wildman–Crippen LogP) is 4.13. The molecule has 9 heteroatoms. The number of esters is 1. The fourth-order valence-corrected chi connectivity index (χ4v) is 3.45. The summed E-state index contributed by atoms with van der Waals surface area (Å²) in [5.41, 5.74) is -0.160. The van der Waals surface area contributed by atoms with Crippen molar-refractivity contribution < 1.29 is 35.9 Å². The summed E-state index contributed by atoms with van der Waals surface area (Å²) in [4.78, 5) is 24.0. The highest BCUT2D eigenvalue weighted by atomic mass is 19.2. The number of aryl methyl sites for hydroxylation is 1. The third kappa shape index (κ3) is 3.16. The first-order valence-corrected chi connectivity index (χ1v) is 8.57. The Hall–Kier alpha value is -3.23. The summed E-state index contributed by atoms with van der Waals surface area (Å²) in [6.45, 7) is 0. The van der Waals surface area contributed by atoms with Crippen molar-refractivity contribution in [2.45, 2.75) is 25.7 Å². The quantitative estimate of drug-likeness (QED) is 0.163. The third-order valence-electron chi connectivity index (χ3n) is 4.80. The van der Waals surface area contributed by atoms with E-state index in [-0.39, 0.29) is 11.3 Å². The van der Waals surface area contributed by atoms with E-state index < -0.39 is 52.7 Å². The maximum Gasteiger partial charge on any atom is 0.339 e. The molecule has 3 aromatic rings. The maximum absolute atomic E-state index is 13.7. The van der Waals surface area contributed by atoms with E-state index in [0.29, 0.717) is 23.8 Å². The van der Waals surface area contributed by atoms with E-state index >= 15 is 0 Å². The van der Waals surface area contributed by atoms with Crippen LogP contribution in [-0.4, -0.2) is 5.97 Å². The van der Waals surface area contributed by atoms with Crippen LogP contribution in [0.15, 0.2) is 27.4 Å². The first kappa shape index (κ1) is 19.1. The summed E-state index contributed by atoms with van der Waals surface area (Å²) < 4.78 is 77.1. The molecule has 0 saturated heterocycles. The minimum atomic E-state index is -2.31. The van der Waals surface area contributed by atoms with Crippen LogP contribution in [-0.2, 0) is 24.1 Å². The smallest absolute Gasteiger partial charge is 0.339 e. The number of hydrogen-bond donors (Lipinski definition) is 0. The SMILES string of the molecule is O=C(Cc1c(F)c(F)c(F)c(F)c1F)Oc1ccc2c3c(c(=O)oc2c1)CCC3. The van der Waals surface area contributed by atoms with Crippen LogP contribution >= 0.6 is 0 Å². The molecule has 0 aliphatic heterocycles. The van der Waals surface area contributed by atoms with E-state index in [1.165, 1.54) is 12.1 Å². The predicted molar refractivity (Wildman–Crippen MR) is 90.1 cm³/mol. The van der Waals surface area contributed by atoms with Gasteiger partial charge < -0.3 is 9.15 Å². The van der Waals surface area contributed by atoms with Crippen molar-refractivity contribution in [1.29, 1.82) is 0 Å². The van der Waals surface area contributed by atoms with Crippen LogP contribution in [0.1, 0.15) is 23.1 Å². The Kier molecular flexibility index (Phi) is 4.60. The number of ether oxygens (including phenoxy) is 1. The van der Waals surface area contributed by atoms with Crippen LogP contribution in [0.25, 0.3) is 11.0 Å². The minimum Gasteiger partial charge on any atom is -0.426 e. The molecule has 29 heavy (non-hydrogen) atoms. The van der Waals surface area contributed by atoms with Crippen LogP contribution in [0, 0.1) is 29.1 Å². The molecule has 0 atom stereocenters. The molecule has 1 aromatic heterocycles. The average molecular weight is 410 g/mol. The van der Waals surface area contributed by atoms with Gasteiger partial charge in [-0.05, 0) is 37.0 Å². The topological polar surface area (TPSA) is 56.5 Å². The van der Waals surface area contributed by atoms with Crippen molar-refractivity contribution in [1.82, 2.24) is 0 Å². The lowest BCUT2D eigenvalue weighted by atomic mass is 10.1. The van der Waals surface area contributed by atoms with Crippen LogP contribution in [0.5, 0.6) is 5.75 Å². The molecule has 2 aromatic carbocycles. The number of rotatable bonds is 3. The Morgan fingerprint density at radius 1 is 0.931 bits per heavy atom. The van der Waals surface area contributed by atoms with E-state index in [4.69, 9.17) is 9.15 Å². The van der Waals surface area contributed by atoms with Gasteiger partial charge in [0.1, 0.15) is 11.3 Å². The molecule has 150 valence electrons. The molecule has 0 radical (unpaired) electrons. The van der Waals surface area contributed by atoms with Gasteiger partial charge in [-0.1, -0.05) is 0 Å². The Balaban J connectivity index is 1.62. The molecule has 0 fully saturated rings. The molecular formula is C20H11F5O4. The van der Waals surface area contributed by atoms with Crippen molar-refractivity contribution >= 4 is 16.9 Å². The molecular weight excluding hydrogens is 399 g/mol. The summed E-state index contributed by atoms with van der Waals surface area (Å²) in [5.74, 6) is -12.2. The largest absolute Gasteiger partial charge is 0.426 e. The molecule has 0 unspecified atom stereocenters. The highest BCUT2D eigenvalue weighted by Crippen LogP contribution is 2.30. The van der Waals surface area contributed by atoms with Crippen molar-refractivity contribution in [3.8, 4) is 5.75 Å². The van der Waals surface area contributed by atoms with Gasteiger partial charge in [-0.2, -0.15) is 0 Å². The Bertz CT molecular complexity index is 1200. The number of fused-ring (bicyclic) bond motifs is 3. The van der Waals surface area contributed by atoms with Crippen LogP contribution in [0.2, 0.25) is 0 Å². The highest BCUT2D eigenvalue weighted by Gasteiger charge is 2.27. The molecule has 0 spiro atoms. The van der Waals surface area contributed by atoms with E-state index in [0.717, 1.165) is 12.0 Å².